The van der Waals surface area contributed by atoms with Crippen molar-refractivity contribution in [1.82, 2.24) is 4.90 Å². The number of aliphatic hydroxyl groups is 1. The molecule has 0 amide bonds. The minimum absolute atomic E-state index is 0.140. The Bertz CT molecular complexity index is 443. The average Bonchev–Trinajstić information content (AvgIpc) is 2.33. The first-order chi connectivity index (χ1) is 9.99. The second-order valence-electron chi connectivity index (χ2n) is 8.37. The largest absolute Gasteiger partial charge is 0.491 e. The van der Waals surface area contributed by atoms with Gasteiger partial charge in [0, 0.05) is 6.54 Å². The summed E-state index contributed by atoms with van der Waals surface area (Å²) in [6.07, 6.45) is 0.661. The number of likely N-dealkylation sites (N-methyl/N-ethyl adjacent to an activating group) is 1. The fourth-order valence-electron chi connectivity index (χ4n) is 3.10. The number of hydrogen-bond donors (Lipinski definition) is 1. The third-order valence-corrected chi connectivity index (χ3v) is 3.63. The fourth-order valence-corrected chi connectivity index (χ4v) is 3.10. The highest BCUT2D eigenvalue weighted by Gasteiger charge is 2.27. The van der Waals surface area contributed by atoms with Crippen molar-refractivity contribution in [1.29, 1.82) is 0 Å². The van der Waals surface area contributed by atoms with E-state index in [2.05, 4.69) is 46.8 Å². The molecule has 1 aromatic rings. The monoisotopic (exact) mass is 307 g/mol. The summed E-state index contributed by atoms with van der Waals surface area (Å²) in [7, 11) is 3.88. The Morgan fingerprint density at radius 1 is 1.05 bits per heavy atom. The lowest BCUT2D eigenvalue weighted by Gasteiger charge is -2.33. The first-order valence-corrected chi connectivity index (χ1v) is 8.06. The maximum atomic E-state index is 9.83. The summed E-state index contributed by atoms with van der Waals surface area (Å²) in [5.41, 5.74) is 1.76. The molecular formula is C19H33NO2. The molecule has 0 aliphatic rings. The summed E-state index contributed by atoms with van der Waals surface area (Å²) in [5, 5.41) is 9.83. The van der Waals surface area contributed by atoms with Crippen molar-refractivity contribution in [3.8, 4) is 5.75 Å². The van der Waals surface area contributed by atoms with Crippen LogP contribution in [-0.2, 0) is 5.41 Å². The highest BCUT2D eigenvalue weighted by atomic mass is 16.5. The second-order valence-corrected chi connectivity index (χ2v) is 8.37. The normalized spacial score (nSPS) is 14.2. The van der Waals surface area contributed by atoms with Gasteiger partial charge in [0.2, 0.25) is 0 Å². The molecule has 0 saturated carbocycles. The van der Waals surface area contributed by atoms with E-state index in [1.54, 1.807) is 0 Å². The molecule has 0 unspecified atom stereocenters. The molecule has 0 aliphatic heterocycles. The summed E-state index contributed by atoms with van der Waals surface area (Å²) in [6, 6.07) is 8.28. The van der Waals surface area contributed by atoms with Crippen molar-refractivity contribution in [2.75, 3.05) is 27.2 Å². The van der Waals surface area contributed by atoms with E-state index < -0.39 is 6.10 Å². The molecule has 1 N–H and O–H groups in total. The molecule has 0 aromatic heterocycles. The topological polar surface area (TPSA) is 32.7 Å². The Morgan fingerprint density at radius 2 is 1.59 bits per heavy atom. The highest BCUT2D eigenvalue weighted by Crippen LogP contribution is 2.36. The molecule has 22 heavy (non-hydrogen) atoms. The van der Waals surface area contributed by atoms with Gasteiger partial charge >= 0.3 is 0 Å². The number of benzene rings is 1. The van der Waals surface area contributed by atoms with Crippen LogP contribution in [0, 0.1) is 5.41 Å². The van der Waals surface area contributed by atoms with Crippen LogP contribution in [0.4, 0.5) is 0 Å². The van der Waals surface area contributed by atoms with Gasteiger partial charge in [-0.1, -0.05) is 46.8 Å². The van der Waals surface area contributed by atoms with E-state index in [0.29, 0.717) is 18.6 Å². The van der Waals surface area contributed by atoms with Crippen molar-refractivity contribution >= 4 is 0 Å². The molecule has 1 aromatic carbocycles. The highest BCUT2D eigenvalue weighted by molar-refractivity contribution is 5.31. The van der Waals surface area contributed by atoms with Crippen molar-refractivity contribution in [3.63, 3.8) is 0 Å². The van der Waals surface area contributed by atoms with Gasteiger partial charge in [0.1, 0.15) is 18.5 Å². The van der Waals surface area contributed by atoms with E-state index in [9.17, 15) is 5.11 Å². The first kappa shape index (κ1) is 19.0. The van der Waals surface area contributed by atoms with Crippen molar-refractivity contribution < 1.29 is 9.84 Å². The van der Waals surface area contributed by atoms with Crippen molar-refractivity contribution in [2.45, 2.75) is 52.6 Å². The summed E-state index contributed by atoms with van der Waals surface area (Å²) < 4.78 is 5.66. The molecule has 0 radical (unpaired) electrons. The van der Waals surface area contributed by atoms with Crippen LogP contribution >= 0.6 is 0 Å². The summed E-state index contributed by atoms with van der Waals surface area (Å²) in [5.74, 6) is 0.813. The quantitative estimate of drug-likeness (QED) is 0.833. The van der Waals surface area contributed by atoms with Gasteiger partial charge in [-0.2, -0.15) is 0 Å². The van der Waals surface area contributed by atoms with E-state index >= 15 is 0 Å². The Morgan fingerprint density at radius 3 is 2.05 bits per heavy atom. The zero-order valence-corrected chi connectivity index (χ0v) is 15.3. The molecule has 3 nitrogen and oxygen atoms in total. The maximum absolute atomic E-state index is 9.83. The lowest BCUT2D eigenvalue weighted by Crippen LogP contribution is -2.30. The summed E-state index contributed by atoms with van der Waals surface area (Å²) in [4.78, 5) is 1.95. The van der Waals surface area contributed by atoms with Crippen LogP contribution < -0.4 is 4.74 Å². The van der Waals surface area contributed by atoms with Gasteiger partial charge in [-0.25, -0.2) is 0 Å². The van der Waals surface area contributed by atoms with Gasteiger partial charge in [-0.15, -0.1) is 0 Å². The predicted molar refractivity (Wildman–Crippen MR) is 93.6 cm³/mol. The molecule has 0 aliphatic carbocycles. The van der Waals surface area contributed by atoms with Crippen LogP contribution in [0.3, 0.4) is 0 Å². The molecule has 0 heterocycles. The van der Waals surface area contributed by atoms with Gasteiger partial charge < -0.3 is 14.7 Å². The van der Waals surface area contributed by atoms with Crippen LogP contribution in [0.2, 0.25) is 0 Å². The number of nitrogens with zero attached hydrogens (tertiary/aromatic N) is 1. The van der Waals surface area contributed by atoms with E-state index in [0.717, 1.165) is 12.2 Å². The Hall–Kier alpha value is -1.06. The number of ether oxygens (including phenoxy) is 1. The molecule has 3 heteroatoms. The Balaban J connectivity index is 2.63. The standard InChI is InChI=1S/C19H33NO2/c1-18(2,3)14-19(4,5)15-8-10-17(11-9-15)22-13-16(21)12-20(6)7/h8-11,16,21H,12-14H2,1-7H3/t16-/m0/s1. The zero-order valence-electron chi connectivity index (χ0n) is 15.3. The van der Waals surface area contributed by atoms with E-state index in [1.807, 2.05) is 31.1 Å². The predicted octanol–water partition coefficient (Wildman–Crippen LogP) is 3.70. The maximum Gasteiger partial charge on any atom is 0.119 e. The molecule has 0 fully saturated rings. The number of rotatable bonds is 7. The number of hydrogen-bond acceptors (Lipinski definition) is 3. The molecule has 0 bridgehead atoms. The Labute approximate surface area is 136 Å². The lowest BCUT2D eigenvalue weighted by molar-refractivity contribution is 0.0831. The molecule has 1 rings (SSSR count). The van der Waals surface area contributed by atoms with Crippen LogP contribution in [-0.4, -0.2) is 43.4 Å². The van der Waals surface area contributed by atoms with Crippen LogP contribution in [0.5, 0.6) is 5.75 Å². The van der Waals surface area contributed by atoms with Crippen LogP contribution in [0.15, 0.2) is 24.3 Å². The molecule has 0 spiro atoms. The molecule has 126 valence electrons. The minimum atomic E-state index is -0.466. The summed E-state index contributed by atoms with van der Waals surface area (Å²) >= 11 is 0. The van der Waals surface area contributed by atoms with Crippen molar-refractivity contribution in [2.24, 2.45) is 5.41 Å². The van der Waals surface area contributed by atoms with Crippen LogP contribution in [0.1, 0.15) is 46.6 Å². The molecule has 0 saturated heterocycles. The van der Waals surface area contributed by atoms with Gasteiger partial charge in [0.25, 0.3) is 0 Å². The van der Waals surface area contributed by atoms with Gasteiger partial charge in [0.15, 0.2) is 0 Å². The minimum Gasteiger partial charge on any atom is -0.491 e. The SMILES string of the molecule is CN(C)C[C@H](O)COc1ccc(C(C)(C)CC(C)(C)C)cc1. The molecule has 1 atom stereocenters. The summed E-state index contributed by atoms with van der Waals surface area (Å²) in [6.45, 7) is 12.3. The third-order valence-electron chi connectivity index (χ3n) is 3.63. The average molecular weight is 307 g/mol. The first-order valence-electron chi connectivity index (χ1n) is 8.06. The van der Waals surface area contributed by atoms with Gasteiger partial charge in [-0.3, -0.25) is 0 Å². The third kappa shape index (κ3) is 6.80. The second kappa shape index (κ2) is 7.47. The van der Waals surface area contributed by atoms with Gasteiger partial charge in [0.05, 0.1) is 0 Å². The Kier molecular flexibility index (Phi) is 6.45. The van der Waals surface area contributed by atoms with E-state index in [-0.39, 0.29) is 5.41 Å². The van der Waals surface area contributed by atoms with Crippen LogP contribution in [0.25, 0.3) is 0 Å². The van der Waals surface area contributed by atoms with Crippen molar-refractivity contribution in [3.05, 3.63) is 29.8 Å². The zero-order chi connectivity index (χ0) is 17.0. The molecular weight excluding hydrogens is 274 g/mol. The van der Waals surface area contributed by atoms with E-state index in [4.69, 9.17) is 4.74 Å². The smallest absolute Gasteiger partial charge is 0.119 e. The lowest BCUT2D eigenvalue weighted by atomic mass is 9.72. The fraction of sp³-hybridized carbons (Fsp3) is 0.684. The van der Waals surface area contributed by atoms with E-state index in [1.165, 1.54) is 5.56 Å². The number of aliphatic hydroxyl groups excluding tert-OH is 1. The van der Waals surface area contributed by atoms with Gasteiger partial charge in [-0.05, 0) is 49.0 Å².